The van der Waals surface area contributed by atoms with Gasteiger partial charge in [-0.25, -0.2) is 9.67 Å². The van der Waals surface area contributed by atoms with E-state index in [0.717, 1.165) is 11.1 Å². The Hall–Kier alpha value is -2.99. The lowest BCUT2D eigenvalue weighted by Crippen LogP contribution is -2.29. The van der Waals surface area contributed by atoms with Crippen LogP contribution in [-0.2, 0) is 0 Å². The summed E-state index contributed by atoms with van der Waals surface area (Å²) in [4.78, 5) is 16.7. The fourth-order valence-electron chi connectivity index (χ4n) is 2.70. The predicted molar refractivity (Wildman–Crippen MR) is 94.6 cm³/mol. The molecule has 6 nitrogen and oxygen atoms in total. The van der Waals surface area contributed by atoms with Gasteiger partial charge < -0.3 is 10.4 Å². The molecule has 0 aliphatic carbocycles. The molecule has 0 fully saturated rings. The monoisotopic (exact) mass is 336 g/mol. The molecule has 128 valence electrons. The van der Waals surface area contributed by atoms with Crippen LogP contribution in [0.5, 0.6) is 0 Å². The Balaban J connectivity index is 1.70. The van der Waals surface area contributed by atoms with Gasteiger partial charge in [-0.2, -0.15) is 5.10 Å². The zero-order valence-electron chi connectivity index (χ0n) is 14.2. The molecule has 2 aromatic heterocycles. The number of benzene rings is 1. The average Bonchev–Trinajstić information content (AvgIpc) is 3.02. The summed E-state index contributed by atoms with van der Waals surface area (Å²) in [5.74, 6) is 0.381. The van der Waals surface area contributed by atoms with Gasteiger partial charge in [-0.3, -0.25) is 4.79 Å². The summed E-state index contributed by atoms with van der Waals surface area (Å²) in [5, 5.41) is 17.3. The van der Waals surface area contributed by atoms with E-state index in [-0.39, 0.29) is 12.5 Å². The summed E-state index contributed by atoms with van der Waals surface area (Å²) in [6.07, 6.45) is 2.44. The average molecular weight is 336 g/mol. The SMILES string of the molecule is Cc1ccccc1C(O)CNC(=O)c1cnn(-c2ccccn2)c1C. The highest BCUT2D eigenvalue weighted by atomic mass is 16.3. The highest BCUT2D eigenvalue weighted by molar-refractivity contribution is 5.95. The zero-order chi connectivity index (χ0) is 17.8. The van der Waals surface area contributed by atoms with Crippen molar-refractivity contribution in [3.05, 3.63) is 77.2 Å². The maximum atomic E-state index is 12.4. The number of carbonyl (C=O) groups excluding carboxylic acids is 1. The van der Waals surface area contributed by atoms with Crippen molar-refractivity contribution in [1.29, 1.82) is 0 Å². The number of carbonyl (C=O) groups is 1. The van der Waals surface area contributed by atoms with Gasteiger partial charge >= 0.3 is 0 Å². The molecule has 1 aromatic carbocycles. The summed E-state index contributed by atoms with van der Waals surface area (Å²) in [6, 6.07) is 13.1. The zero-order valence-corrected chi connectivity index (χ0v) is 14.2. The van der Waals surface area contributed by atoms with E-state index >= 15 is 0 Å². The number of rotatable bonds is 5. The Morgan fingerprint density at radius 3 is 2.68 bits per heavy atom. The van der Waals surface area contributed by atoms with Crippen LogP contribution in [0.15, 0.2) is 54.9 Å². The standard InChI is InChI=1S/C19H20N4O2/c1-13-7-3-4-8-15(13)17(24)12-21-19(25)16-11-22-23(14(16)2)18-9-5-6-10-20-18/h3-11,17,24H,12H2,1-2H3,(H,21,25). The first-order valence-electron chi connectivity index (χ1n) is 8.05. The summed E-state index contributed by atoms with van der Waals surface area (Å²) >= 11 is 0. The third-order valence-corrected chi connectivity index (χ3v) is 4.12. The fraction of sp³-hybridized carbons (Fsp3) is 0.211. The van der Waals surface area contributed by atoms with E-state index in [1.165, 1.54) is 6.20 Å². The second kappa shape index (κ2) is 7.27. The molecular formula is C19H20N4O2. The molecule has 2 N–H and O–H groups in total. The minimum atomic E-state index is -0.753. The van der Waals surface area contributed by atoms with Crippen molar-refractivity contribution in [2.45, 2.75) is 20.0 Å². The normalized spacial score (nSPS) is 12.0. The summed E-state index contributed by atoms with van der Waals surface area (Å²) in [6.45, 7) is 3.88. The molecule has 0 saturated carbocycles. The van der Waals surface area contributed by atoms with Crippen LogP contribution in [0.2, 0.25) is 0 Å². The minimum absolute atomic E-state index is 0.137. The first kappa shape index (κ1) is 16.9. The molecule has 1 atom stereocenters. The smallest absolute Gasteiger partial charge is 0.254 e. The molecule has 0 aliphatic rings. The third kappa shape index (κ3) is 3.59. The molecule has 6 heteroatoms. The molecule has 0 saturated heterocycles. The van der Waals surface area contributed by atoms with Crippen LogP contribution in [0.4, 0.5) is 0 Å². The molecule has 1 amide bonds. The number of nitrogens with zero attached hydrogens (tertiary/aromatic N) is 3. The van der Waals surface area contributed by atoms with Crippen molar-refractivity contribution in [2.75, 3.05) is 6.54 Å². The van der Waals surface area contributed by atoms with Gasteiger partial charge in [-0.1, -0.05) is 30.3 Å². The van der Waals surface area contributed by atoms with Crippen LogP contribution in [0.1, 0.15) is 33.3 Å². The number of nitrogens with one attached hydrogen (secondary N) is 1. The van der Waals surface area contributed by atoms with Crippen molar-refractivity contribution in [2.24, 2.45) is 0 Å². The fourth-order valence-corrected chi connectivity index (χ4v) is 2.70. The van der Waals surface area contributed by atoms with Crippen molar-refractivity contribution in [3.63, 3.8) is 0 Å². The Morgan fingerprint density at radius 1 is 1.20 bits per heavy atom. The Bertz CT molecular complexity index is 874. The number of hydrogen-bond acceptors (Lipinski definition) is 4. The predicted octanol–water partition coefficient (Wildman–Crippen LogP) is 2.35. The maximum Gasteiger partial charge on any atom is 0.254 e. The van der Waals surface area contributed by atoms with Crippen LogP contribution in [0.25, 0.3) is 5.82 Å². The molecule has 0 spiro atoms. The first-order valence-corrected chi connectivity index (χ1v) is 8.05. The number of aliphatic hydroxyl groups excluding tert-OH is 1. The molecule has 3 rings (SSSR count). The highest BCUT2D eigenvalue weighted by Gasteiger charge is 2.17. The van der Waals surface area contributed by atoms with E-state index in [1.807, 2.05) is 56.3 Å². The van der Waals surface area contributed by atoms with Crippen LogP contribution in [0.3, 0.4) is 0 Å². The number of aliphatic hydroxyl groups is 1. The van der Waals surface area contributed by atoms with Gasteiger partial charge in [0.2, 0.25) is 0 Å². The highest BCUT2D eigenvalue weighted by Crippen LogP contribution is 2.17. The number of amides is 1. The lowest BCUT2D eigenvalue weighted by molar-refractivity contribution is 0.0915. The Labute approximate surface area is 146 Å². The van der Waals surface area contributed by atoms with Crippen molar-refractivity contribution in [3.8, 4) is 5.82 Å². The molecule has 0 radical (unpaired) electrons. The molecule has 0 aliphatic heterocycles. The second-order valence-electron chi connectivity index (χ2n) is 5.83. The lowest BCUT2D eigenvalue weighted by atomic mass is 10.0. The minimum Gasteiger partial charge on any atom is -0.387 e. The van der Waals surface area contributed by atoms with Gasteiger partial charge in [-0.05, 0) is 37.1 Å². The Kier molecular flexibility index (Phi) is 4.90. The van der Waals surface area contributed by atoms with Crippen LogP contribution < -0.4 is 5.32 Å². The van der Waals surface area contributed by atoms with Gasteiger partial charge in [0.1, 0.15) is 0 Å². The molecule has 0 bridgehead atoms. The van der Waals surface area contributed by atoms with Crippen LogP contribution in [-0.4, -0.2) is 32.3 Å². The van der Waals surface area contributed by atoms with Crippen molar-refractivity contribution >= 4 is 5.91 Å². The van der Waals surface area contributed by atoms with Gasteiger partial charge in [0.25, 0.3) is 5.91 Å². The van der Waals surface area contributed by atoms with E-state index in [0.29, 0.717) is 17.1 Å². The molecule has 1 unspecified atom stereocenters. The number of pyridine rings is 1. The molecule has 3 aromatic rings. The maximum absolute atomic E-state index is 12.4. The van der Waals surface area contributed by atoms with Crippen LogP contribution in [0, 0.1) is 13.8 Å². The van der Waals surface area contributed by atoms with Gasteiger partial charge in [-0.15, -0.1) is 0 Å². The second-order valence-corrected chi connectivity index (χ2v) is 5.83. The quantitative estimate of drug-likeness (QED) is 0.749. The summed E-state index contributed by atoms with van der Waals surface area (Å²) in [5.41, 5.74) is 2.95. The molecule has 25 heavy (non-hydrogen) atoms. The van der Waals surface area contributed by atoms with Gasteiger partial charge in [0, 0.05) is 12.7 Å². The molecular weight excluding hydrogens is 316 g/mol. The van der Waals surface area contributed by atoms with Gasteiger partial charge in [0.15, 0.2) is 5.82 Å². The van der Waals surface area contributed by atoms with E-state index in [2.05, 4.69) is 15.4 Å². The van der Waals surface area contributed by atoms with E-state index in [4.69, 9.17) is 0 Å². The van der Waals surface area contributed by atoms with Crippen LogP contribution >= 0.6 is 0 Å². The molecule has 2 heterocycles. The number of hydrogen-bond donors (Lipinski definition) is 2. The van der Waals surface area contributed by atoms with Gasteiger partial charge in [0.05, 0.1) is 23.6 Å². The summed E-state index contributed by atoms with van der Waals surface area (Å²) < 4.78 is 1.62. The van der Waals surface area contributed by atoms with Crippen molar-refractivity contribution in [1.82, 2.24) is 20.1 Å². The Morgan fingerprint density at radius 2 is 1.96 bits per heavy atom. The largest absolute Gasteiger partial charge is 0.387 e. The topological polar surface area (TPSA) is 80.0 Å². The van der Waals surface area contributed by atoms with E-state index in [1.54, 1.807) is 10.9 Å². The van der Waals surface area contributed by atoms with E-state index in [9.17, 15) is 9.90 Å². The summed E-state index contributed by atoms with van der Waals surface area (Å²) in [7, 11) is 0. The first-order chi connectivity index (χ1) is 12.1. The lowest BCUT2D eigenvalue weighted by Gasteiger charge is -2.14. The number of aryl methyl sites for hydroxylation is 1. The third-order valence-electron chi connectivity index (χ3n) is 4.12. The van der Waals surface area contributed by atoms with Crippen molar-refractivity contribution < 1.29 is 9.90 Å². The van der Waals surface area contributed by atoms with E-state index < -0.39 is 6.10 Å². The number of aromatic nitrogens is 3.